The van der Waals surface area contributed by atoms with E-state index in [9.17, 15) is 5.11 Å². The standard InChI is InChI=1S/C12H15BrO3/c1-2-3-4-10(14)8-5-9(13)12-11(6-8)15-7-16-12/h5-6,10,14H,2-4,7H2,1H3. The molecule has 1 heterocycles. The summed E-state index contributed by atoms with van der Waals surface area (Å²) in [6, 6.07) is 3.75. The first-order valence-corrected chi connectivity index (χ1v) is 6.28. The monoisotopic (exact) mass is 286 g/mol. The third-order valence-electron chi connectivity index (χ3n) is 2.67. The fourth-order valence-corrected chi connectivity index (χ4v) is 2.32. The third-order valence-corrected chi connectivity index (χ3v) is 3.25. The van der Waals surface area contributed by atoms with Gasteiger partial charge in [0, 0.05) is 0 Å². The summed E-state index contributed by atoms with van der Waals surface area (Å²) in [5, 5.41) is 9.99. The quantitative estimate of drug-likeness (QED) is 0.922. The van der Waals surface area contributed by atoms with Gasteiger partial charge in [-0.1, -0.05) is 19.8 Å². The zero-order valence-corrected chi connectivity index (χ0v) is 10.8. The van der Waals surface area contributed by atoms with Crippen LogP contribution in [0, 0.1) is 0 Å². The minimum absolute atomic E-state index is 0.252. The van der Waals surface area contributed by atoms with E-state index < -0.39 is 6.10 Å². The number of unbranched alkanes of at least 4 members (excludes halogenated alkanes) is 1. The average molecular weight is 287 g/mol. The van der Waals surface area contributed by atoms with Crippen LogP contribution in [0.3, 0.4) is 0 Å². The molecule has 1 N–H and O–H groups in total. The molecule has 0 bridgehead atoms. The predicted molar refractivity (Wildman–Crippen MR) is 64.7 cm³/mol. The molecule has 0 spiro atoms. The Hall–Kier alpha value is -0.740. The number of fused-ring (bicyclic) bond motifs is 1. The van der Waals surface area contributed by atoms with Crippen molar-refractivity contribution in [2.75, 3.05) is 6.79 Å². The average Bonchev–Trinajstić information content (AvgIpc) is 2.74. The summed E-state index contributed by atoms with van der Waals surface area (Å²) in [4.78, 5) is 0. The van der Waals surface area contributed by atoms with Crippen molar-refractivity contribution in [3.8, 4) is 11.5 Å². The molecule has 0 aromatic heterocycles. The van der Waals surface area contributed by atoms with Crippen LogP contribution in [0.2, 0.25) is 0 Å². The zero-order valence-electron chi connectivity index (χ0n) is 9.20. The second-order valence-corrected chi connectivity index (χ2v) is 4.75. The Morgan fingerprint density at radius 2 is 2.25 bits per heavy atom. The lowest BCUT2D eigenvalue weighted by Crippen LogP contribution is -1.97. The van der Waals surface area contributed by atoms with Crippen molar-refractivity contribution < 1.29 is 14.6 Å². The van der Waals surface area contributed by atoms with E-state index in [-0.39, 0.29) is 6.79 Å². The molecule has 1 aliphatic heterocycles. The second kappa shape index (κ2) is 5.06. The Labute approximate surface area is 104 Å². The van der Waals surface area contributed by atoms with Crippen LogP contribution >= 0.6 is 15.9 Å². The molecule has 4 heteroatoms. The molecule has 1 aromatic carbocycles. The molecule has 1 aromatic rings. The van der Waals surface area contributed by atoms with Crippen molar-refractivity contribution in [1.82, 2.24) is 0 Å². The van der Waals surface area contributed by atoms with Gasteiger partial charge in [0.2, 0.25) is 6.79 Å². The molecule has 0 fully saturated rings. The van der Waals surface area contributed by atoms with Crippen molar-refractivity contribution >= 4 is 15.9 Å². The maximum atomic E-state index is 9.99. The van der Waals surface area contributed by atoms with Crippen LogP contribution in [-0.2, 0) is 0 Å². The Bertz CT molecular complexity index is 379. The molecule has 0 saturated heterocycles. The first-order valence-electron chi connectivity index (χ1n) is 5.49. The molecule has 0 aliphatic carbocycles. The number of halogens is 1. The molecule has 1 unspecified atom stereocenters. The number of hydrogen-bond acceptors (Lipinski definition) is 3. The summed E-state index contributed by atoms with van der Waals surface area (Å²) in [5.41, 5.74) is 0.879. The van der Waals surface area contributed by atoms with Gasteiger partial charge in [-0.2, -0.15) is 0 Å². The number of rotatable bonds is 4. The van der Waals surface area contributed by atoms with Crippen LogP contribution in [0.1, 0.15) is 37.9 Å². The lowest BCUT2D eigenvalue weighted by atomic mass is 10.0. The van der Waals surface area contributed by atoms with Gasteiger partial charge in [-0.3, -0.25) is 0 Å². The molecule has 1 atom stereocenters. The number of aliphatic hydroxyl groups excluding tert-OH is 1. The molecular weight excluding hydrogens is 272 g/mol. The third kappa shape index (κ3) is 2.33. The van der Waals surface area contributed by atoms with Crippen molar-refractivity contribution in [3.05, 3.63) is 22.2 Å². The molecule has 2 rings (SSSR count). The van der Waals surface area contributed by atoms with Crippen LogP contribution in [0.4, 0.5) is 0 Å². The van der Waals surface area contributed by atoms with Gasteiger partial charge in [-0.15, -0.1) is 0 Å². The summed E-state index contributed by atoms with van der Waals surface area (Å²) >= 11 is 3.42. The fourth-order valence-electron chi connectivity index (χ4n) is 1.74. The SMILES string of the molecule is CCCCC(O)c1cc(Br)c2c(c1)OCO2. The number of hydrogen-bond donors (Lipinski definition) is 1. The van der Waals surface area contributed by atoms with E-state index in [0.29, 0.717) is 5.75 Å². The van der Waals surface area contributed by atoms with E-state index in [0.717, 1.165) is 35.0 Å². The highest BCUT2D eigenvalue weighted by Crippen LogP contribution is 2.41. The summed E-state index contributed by atoms with van der Waals surface area (Å²) in [5.74, 6) is 1.44. The molecule has 0 amide bonds. The van der Waals surface area contributed by atoms with Gasteiger partial charge < -0.3 is 14.6 Å². The Balaban J connectivity index is 2.19. The fraction of sp³-hybridized carbons (Fsp3) is 0.500. The van der Waals surface area contributed by atoms with Crippen molar-refractivity contribution in [1.29, 1.82) is 0 Å². The van der Waals surface area contributed by atoms with Crippen LogP contribution in [0.15, 0.2) is 16.6 Å². The van der Waals surface area contributed by atoms with Gasteiger partial charge in [-0.25, -0.2) is 0 Å². The van der Waals surface area contributed by atoms with Gasteiger partial charge in [0.05, 0.1) is 10.6 Å². The summed E-state index contributed by atoms with van der Waals surface area (Å²) < 4.78 is 11.4. The zero-order chi connectivity index (χ0) is 11.5. The van der Waals surface area contributed by atoms with Gasteiger partial charge in [0.1, 0.15) is 0 Å². The van der Waals surface area contributed by atoms with E-state index in [2.05, 4.69) is 22.9 Å². The summed E-state index contributed by atoms with van der Waals surface area (Å²) in [6.07, 6.45) is 2.46. The first-order chi connectivity index (χ1) is 7.72. The minimum Gasteiger partial charge on any atom is -0.454 e. The smallest absolute Gasteiger partial charge is 0.231 e. The second-order valence-electron chi connectivity index (χ2n) is 3.89. The van der Waals surface area contributed by atoms with Crippen LogP contribution < -0.4 is 9.47 Å². The predicted octanol–water partition coefficient (Wildman–Crippen LogP) is 3.40. The number of benzene rings is 1. The lowest BCUT2D eigenvalue weighted by Gasteiger charge is -2.11. The topological polar surface area (TPSA) is 38.7 Å². The van der Waals surface area contributed by atoms with Gasteiger partial charge in [0.25, 0.3) is 0 Å². The van der Waals surface area contributed by atoms with E-state index in [4.69, 9.17) is 9.47 Å². The van der Waals surface area contributed by atoms with E-state index in [1.54, 1.807) is 0 Å². The molecule has 16 heavy (non-hydrogen) atoms. The van der Waals surface area contributed by atoms with Crippen LogP contribution in [0.5, 0.6) is 11.5 Å². The van der Waals surface area contributed by atoms with E-state index >= 15 is 0 Å². The van der Waals surface area contributed by atoms with E-state index in [1.165, 1.54) is 0 Å². The van der Waals surface area contributed by atoms with Crippen molar-refractivity contribution in [3.63, 3.8) is 0 Å². The highest BCUT2D eigenvalue weighted by Gasteiger charge is 2.20. The maximum absolute atomic E-state index is 9.99. The molecular formula is C12H15BrO3. The van der Waals surface area contributed by atoms with Crippen LogP contribution in [-0.4, -0.2) is 11.9 Å². The molecule has 88 valence electrons. The first kappa shape index (κ1) is 11.7. The highest BCUT2D eigenvalue weighted by molar-refractivity contribution is 9.10. The Kier molecular flexibility index (Phi) is 3.71. The molecule has 1 aliphatic rings. The molecule has 0 saturated carbocycles. The van der Waals surface area contributed by atoms with Crippen molar-refractivity contribution in [2.45, 2.75) is 32.3 Å². The Morgan fingerprint density at radius 1 is 1.44 bits per heavy atom. The highest BCUT2D eigenvalue weighted by atomic mass is 79.9. The molecule has 0 radical (unpaired) electrons. The van der Waals surface area contributed by atoms with Crippen molar-refractivity contribution in [2.24, 2.45) is 0 Å². The summed E-state index contributed by atoms with van der Waals surface area (Å²) in [7, 11) is 0. The van der Waals surface area contributed by atoms with Gasteiger partial charge in [0.15, 0.2) is 11.5 Å². The largest absolute Gasteiger partial charge is 0.454 e. The number of ether oxygens (including phenoxy) is 2. The van der Waals surface area contributed by atoms with Gasteiger partial charge in [-0.05, 0) is 40.0 Å². The molecule has 3 nitrogen and oxygen atoms in total. The number of aliphatic hydroxyl groups is 1. The summed E-state index contributed by atoms with van der Waals surface area (Å²) in [6.45, 7) is 2.37. The minimum atomic E-state index is -0.425. The van der Waals surface area contributed by atoms with E-state index in [1.807, 2.05) is 12.1 Å². The normalized spacial score (nSPS) is 15.2. The maximum Gasteiger partial charge on any atom is 0.231 e. The Morgan fingerprint density at radius 3 is 3.00 bits per heavy atom. The lowest BCUT2D eigenvalue weighted by molar-refractivity contribution is 0.162. The van der Waals surface area contributed by atoms with Gasteiger partial charge >= 0.3 is 0 Å². The van der Waals surface area contributed by atoms with Crippen LogP contribution in [0.25, 0.3) is 0 Å².